The molecular formula is C13H28N2. The van der Waals surface area contributed by atoms with Crippen molar-refractivity contribution in [3.8, 4) is 0 Å². The Morgan fingerprint density at radius 1 is 1.07 bits per heavy atom. The molecule has 2 N–H and O–H groups in total. The molecule has 0 unspecified atom stereocenters. The SMILES string of the molecule is CCC(CC)N(CC)C1CCC(N)CC1. The summed E-state index contributed by atoms with van der Waals surface area (Å²) in [4.78, 5) is 2.71. The highest BCUT2D eigenvalue weighted by molar-refractivity contribution is 4.83. The van der Waals surface area contributed by atoms with Crippen molar-refractivity contribution in [1.82, 2.24) is 4.90 Å². The molecule has 15 heavy (non-hydrogen) atoms. The maximum atomic E-state index is 5.96. The third-order valence-corrected chi connectivity index (χ3v) is 3.99. The molecule has 0 aromatic rings. The number of nitrogens with zero attached hydrogens (tertiary/aromatic N) is 1. The molecule has 1 saturated carbocycles. The van der Waals surface area contributed by atoms with Gasteiger partial charge >= 0.3 is 0 Å². The van der Waals surface area contributed by atoms with Crippen LogP contribution in [0.2, 0.25) is 0 Å². The van der Waals surface area contributed by atoms with E-state index in [4.69, 9.17) is 5.73 Å². The fraction of sp³-hybridized carbons (Fsp3) is 1.00. The Morgan fingerprint density at radius 3 is 2.00 bits per heavy atom. The van der Waals surface area contributed by atoms with Crippen LogP contribution in [0.25, 0.3) is 0 Å². The van der Waals surface area contributed by atoms with Crippen LogP contribution in [0.3, 0.4) is 0 Å². The van der Waals surface area contributed by atoms with Crippen molar-refractivity contribution >= 4 is 0 Å². The second-order valence-corrected chi connectivity index (χ2v) is 4.87. The molecule has 0 aromatic carbocycles. The normalized spacial score (nSPS) is 27.6. The Kier molecular flexibility index (Phi) is 5.62. The average Bonchev–Trinajstić information content (AvgIpc) is 2.27. The van der Waals surface area contributed by atoms with Crippen LogP contribution in [0.1, 0.15) is 59.3 Å². The van der Waals surface area contributed by atoms with Gasteiger partial charge in [0.05, 0.1) is 0 Å². The molecule has 0 atom stereocenters. The minimum absolute atomic E-state index is 0.474. The summed E-state index contributed by atoms with van der Waals surface area (Å²) in [5, 5.41) is 0. The summed E-state index contributed by atoms with van der Waals surface area (Å²) in [6, 6.07) is 2.07. The molecule has 0 amide bonds. The van der Waals surface area contributed by atoms with Crippen molar-refractivity contribution < 1.29 is 0 Å². The monoisotopic (exact) mass is 212 g/mol. The first-order valence-corrected chi connectivity index (χ1v) is 6.74. The topological polar surface area (TPSA) is 29.3 Å². The van der Waals surface area contributed by atoms with Crippen LogP contribution in [0, 0.1) is 0 Å². The molecule has 2 heteroatoms. The quantitative estimate of drug-likeness (QED) is 0.759. The highest BCUT2D eigenvalue weighted by atomic mass is 15.2. The molecule has 0 spiro atoms. The second-order valence-electron chi connectivity index (χ2n) is 4.87. The predicted molar refractivity (Wildman–Crippen MR) is 67.0 cm³/mol. The van der Waals surface area contributed by atoms with E-state index in [1.54, 1.807) is 0 Å². The van der Waals surface area contributed by atoms with Crippen LogP contribution in [0.5, 0.6) is 0 Å². The van der Waals surface area contributed by atoms with Gasteiger partial charge in [0.25, 0.3) is 0 Å². The maximum absolute atomic E-state index is 5.96. The van der Waals surface area contributed by atoms with E-state index in [1.165, 1.54) is 45.1 Å². The minimum Gasteiger partial charge on any atom is -0.328 e. The van der Waals surface area contributed by atoms with Crippen molar-refractivity contribution in [2.45, 2.75) is 77.4 Å². The largest absolute Gasteiger partial charge is 0.328 e. The molecular weight excluding hydrogens is 184 g/mol. The fourth-order valence-corrected chi connectivity index (χ4v) is 3.01. The van der Waals surface area contributed by atoms with E-state index in [0.717, 1.165) is 12.1 Å². The van der Waals surface area contributed by atoms with Crippen LogP contribution >= 0.6 is 0 Å². The lowest BCUT2D eigenvalue weighted by molar-refractivity contribution is 0.100. The maximum Gasteiger partial charge on any atom is 0.00992 e. The molecule has 1 aliphatic carbocycles. The van der Waals surface area contributed by atoms with Crippen molar-refractivity contribution in [1.29, 1.82) is 0 Å². The minimum atomic E-state index is 0.474. The Labute approximate surface area is 95.2 Å². The van der Waals surface area contributed by atoms with Crippen molar-refractivity contribution in [3.05, 3.63) is 0 Å². The van der Waals surface area contributed by atoms with Gasteiger partial charge in [-0.15, -0.1) is 0 Å². The number of rotatable bonds is 5. The third kappa shape index (κ3) is 3.46. The van der Waals surface area contributed by atoms with Crippen LogP contribution in [-0.2, 0) is 0 Å². The number of hydrogen-bond acceptors (Lipinski definition) is 2. The molecule has 1 aliphatic rings. The summed E-state index contributed by atoms with van der Waals surface area (Å²) < 4.78 is 0. The van der Waals surface area contributed by atoms with E-state index < -0.39 is 0 Å². The Morgan fingerprint density at radius 2 is 1.60 bits per heavy atom. The molecule has 0 saturated heterocycles. The summed E-state index contributed by atoms with van der Waals surface area (Å²) in [7, 11) is 0. The standard InChI is InChI=1S/C13H28N2/c1-4-12(5-2)15(6-3)13-9-7-11(14)8-10-13/h11-13H,4-10,14H2,1-3H3. The van der Waals surface area contributed by atoms with Gasteiger partial charge in [-0.05, 0) is 45.1 Å². The summed E-state index contributed by atoms with van der Waals surface area (Å²) in [6.07, 6.45) is 7.64. The zero-order valence-corrected chi connectivity index (χ0v) is 10.7. The number of nitrogens with two attached hydrogens (primary N) is 1. The van der Waals surface area contributed by atoms with Gasteiger partial charge in [-0.3, -0.25) is 4.90 Å². The molecule has 90 valence electrons. The van der Waals surface area contributed by atoms with E-state index in [0.29, 0.717) is 6.04 Å². The highest BCUT2D eigenvalue weighted by Crippen LogP contribution is 2.25. The lowest BCUT2D eigenvalue weighted by Gasteiger charge is -2.40. The molecule has 0 aromatic heterocycles. The van der Waals surface area contributed by atoms with E-state index >= 15 is 0 Å². The van der Waals surface area contributed by atoms with Gasteiger partial charge in [-0.25, -0.2) is 0 Å². The highest BCUT2D eigenvalue weighted by Gasteiger charge is 2.26. The van der Waals surface area contributed by atoms with Gasteiger partial charge in [0.1, 0.15) is 0 Å². The van der Waals surface area contributed by atoms with E-state index in [2.05, 4.69) is 25.7 Å². The molecule has 0 heterocycles. The Bertz CT molecular complexity index is 158. The third-order valence-electron chi connectivity index (χ3n) is 3.99. The van der Waals surface area contributed by atoms with E-state index in [1.807, 2.05) is 0 Å². The first kappa shape index (κ1) is 13.0. The van der Waals surface area contributed by atoms with Gasteiger partial charge in [-0.2, -0.15) is 0 Å². The zero-order valence-electron chi connectivity index (χ0n) is 10.7. The lowest BCUT2D eigenvalue weighted by atomic mass is 9.89. The second kappa shape index (κ2) is 6.49. The van der Waals surface area contributed by atoms with Crippen LogP contribution in [-0.4, -0.2) is 29.6 Å². The summed E-state index contributed by atoms with van der Waals surface area (Å²) in [6.45, 7) is 8.12. The fourth-order valence-electron chi connectivity index (χ4n) is 3.01. The Balaban J connectivity index is 2.50. The van der Waals surface area contributed by atoms with E-state index in [-0.39, 0.29) is 0 Å². The van der Waals surface area contributed by atoms with Gasteiger partial charge < -0.3 is 5.73 Å². The molecule has 1 rings (SSSR count). The molecule has 1 fully saturated rings. The van der Waals surface area contributed by atoms with Gasteiger partial charge in [0.2, 0.25) is 0 Å². The van der Waals surface area contributed by atoms with Crippen LogP contribution in [0.4, 0.5) is 0 Å². The summed E-state index contributed by atoms with van der Waals surface area (Å²) in [5.74, 6) is 0. The summed E-state index contributed by atoms with van der Waals surface area (Å²) >= 11 is 0. The first-order chi connectivity index (χ1) is 7.22. The molecule has 0 radical (unpaired) electrons. The van der Waals surface area contributed by atoms with Crippen molar-refractivity contribution in [2.75, 3.05) is 6.54 Å². The average molecular weight is 212 g/mol. The molecule has 0 aliphatic heterocycles. The number of hydrogen-bond donors (Lipinski definition) is 1. The van der Waals surface area contributed by atoms with Crippen molar-refractivity contribution in [2.24, 2.45) is 5.73 Å². The van der Waals surface area contributed by atoms with Gasteiger partial charge in [-0.1, -0.05) is 20.8 Å². The zero-order chi connectivity index (χ0) is 11.3. The predicted octanol–water partition coefficient (Wildman–Crippen LogP) is 2.77. The van der Waals surface area contributed by atoms with Gasteiger partial charge in [0, 0.05) is 18.1 Å². The van der Waals surface area contributed by atoms with Crippen LogP contribution in [0.15, 0.2) is 0 Å². The summed E-state index contributed by atoms with van der Waals surface area (Å²) in [5.41, 5.74) is 5.96. The van der Waals surface area contributed by atoms with Crippen LogP contribution < -0.4 is 5.73 Å². The first-order valence-electron chi connectivity index (χ1n) is 6.74. The molecule has 0 bridgehead atoms. The lowest BCUT2D eigenvalue weighted by Crippen LogP contribution is -2.45. The van der Waals surface area contributed by atoms with Gasteiger partial charge in [0.15, 0.2) is 0 Å². The van der Waals surface area contributed by atoms with E-state index in [9.17, 15) is 0 Å². The molecule has 2 nitrogen and oxygen atoms in total. The Hall–Kier alpha value is -0.0800. The van der Waals surface area contributed by atoms with Crippen molar-refractivity contribution in [3.63, 3.8) is 0 Å². The smallest absolute Gasteiger partial charge is 0.00992 e.